The van der Waals surface area contributed by atoms with Gasteiger partial charge >= 0.3 is 0 Å². The minimum absolute atomic E-state index is 0.184. The Morgan fingerprint density at radius 3 is 2.56 bits per heavy atom. The first-order valence-electron chi connectivity index (χ1n) is 9.20. The predicted molar refractivity (Wildman–Crippen MR) is 102 cm³/mol. The van der Waals surface area contributed by atoms with E-state index in [2.05, 4.69) is 5.32 Å². The van der Waals surface area contributed by atoms with Gasteiger partial charge in [-0.3, -0.25) is 4.79 Å². The molecule has 0 aromatic heterocycles. The lowest BCUT2D eigenvalue weighted by molar-refractivity contribution is -0.131. The molecule has 144 valence electrons. The summed E-state index contributed by atoms with van der Waals surface area (Å²) in [6.07, 6.45) is -0.684. The summed E-state index contributed by atoms with van der Waals surface area (Å²) < 4.78 is 22.6. The van der Waals surface area contributed by atoms with Crippen molar-refractivity contribution < 1.29 is 23.7 Å². The van der Waals surface area contributed by atoms with Gasteiger partial charge in [0.15, 0.2) is 23.0 Å². The number of ether oxygens (including phenoxy) is 4. The van der Waals surface area contributed by atoms with Crippen molar-refractivity contribution in [1.82, 2.24) is 5.32 Å². The number of fused-ring (bicyclic) bond motifs is 1. The second-order valence-electron chi connectivity index (χ2n) is 6.17. The highest BCUT2D eigenvalue weighted by Gasteiger charge is 2.28. The molecule has 0 saturated heterocycles. The third-order valence-electron chi connectivity index (χ3n) is 4.23. The minimum Gasteiger partial charge on any atom is -0.490 e. The Morgan fingerprint density at radius 2 is 1.81 bits per heavy atom. The van der Waals surface area contributed by atoms with Gasteiger partial charge in [-0.05, 0) is 50.6 Å². The highest BCUT2D eigenvalue weighted by Crippen LogP contribution is 2.32. The molecule has 1 N–H and O–H groups in total. The number of amides is 1. The summed E-state index contributed by atoms with van der Waals surface area (Å²) in [4.78, 5) is 12.6. The van der Waals surface area contributed by atoms with Gasteiger partial charge in [-0.1, -0.05) is 18.2 Å². The van der Waals surface area contributed by atoms with Crippen LogP contribution in [0.4, 0.5) is 0 Å². The van der Waals surface area contributed by atoms with Crippen LogP contribution in [0.15, 0.2) is 42.5 Å². The molecule has 0 radical (unpaired) electrons. The van der Waals surface area contributed by atoms with Crippen LogP contribution in [0.25, 0.3) is 0 Å². The van der Waals surface area contributed by atoms with E-state index in [4.69, 9.17) is 18.9 Å². The van der Waals surface area contributed by atoms with Crippen LogP contribution in [0.1, 0.15) is 32.4 Å². The maximum atomic E-state index is 12.6. The summed E-state index contributed by atoms with van der Waals surface area (Å²) in [7, 11) is 0. The van der Waals surface area contributed by atoms with Crippen molar-refractivity contribution in [2.45, 2.75) is 32.9 Å². The third kappa shape index (κ3) is 4.45. The molecule has 27 heavy (non-hydrogen) atoms. The first kappa shape index (κ1) is 18.9. The summed E-state index contributed by atoms with van der Waals surface area (Å²) in [5, 5.41) is 2.98. The van der Waals surface area contributed by atoms with Gasteiger partial charge in [0.05, 0.1) is 19.3 Å². The summed E-state index contributed by atoms with van der Waals surface area (Å²) in [6.45, 7) is 7.05. The van der Waals surface area contributed by atoms with Crippen molar-refractivity contribution in [3.63, 3.8) is 0 Å². The fraction of sp³-hybridized carbons (Fsp3) is 0.381. The maximum absolute atomic E-state index is 12.6. The van der Waals surface area contributed by atoms with Crippen LogP contribution in [0.2, 0.25) is 0 Å². The monoisotopic (exact) mass is 371 g/mol. The molecule has 0 bridgehead atoms. The molecule has 0 aliphatic carbocycles. The Labute approximate surface area is 159 Å². The quantitative estimate of drug-likeness (QED) is 0.807. The van der Waals surface area contributed by atoms with E-state index in [-0.39, 0.29) is 18.6 Å². The van der Waals surface area contributed by atoms with Crippen molar-refractivity contribution in [3.8, 4) is 23.0 Å². The highest BCUT2D eigenvalue weighted by molar-refractivity contribution is 5.82. The zero-order chi connectivity index (χ0) is 19.2. The van der Waals surface area contributed by atoms with Crippen LogP contribution in [-0.2, 0) is 4.79 Å². The summed E-state index contributed by atoms with van der Waals surface area (Å²) in [6, 6.07) is 12.8. The number of hydrogen-bond donors (Lipinski definition) is 1. The van der Waals surface area contributed by atoms with Gasteiger partial charge in [0, 0.05) is 0 Å². The number of para-hydroxylation sites is 2. The van der Waals surface area contributed by atoms with E-state index in [1.807, 2.05) is 57.2 Å². The lowest BCUT2D eigenvalue weighted by atomic mass is 10.1. The van der Waals surface area contributed by atoms with Gasteiger partial charge in [0.25, 0.3) is 5.91 Å². The standard InChI is InChI=1S/C21H25NO5/c1-4-24-17-11-10-15(12-19(17)25-5-2)14(3)22-21(23)20-13-26-16-8-6-7-9-18(16)27-20/h6-12,14,20H,4-5,13H2,1-3H3,(H,22,23)/t14-,20+/m1/s1. The third-order valence-corrected chi connectivity index (χ3v) is 4.23. The van der Waals surface area contributed by atoms with Crippen molar-refractivity contribution >= 4 is 5.91 Å². The molecule has 1 aliphatic rings. The van der Waals surface area contributed by atoms with Gasteiger partial charge in [-0.2, -0.15) is 0 Å². The van der Waals surface area contributed by atoms with Gasteiger partial charge in [-0.25, -0.2) is 0 Å². The fourth-order valence-electron chi connectivity index (χ4n) is 2.88. The Morgan fingerprint density at radius 1 is 1.11 bits per heavy atom. The van der Waals surface area contributed by atoms with Crippen LogP contribution in [0, 0.1) is 0 Å². The second-order valence-corrected chi connectivity index (χ2v) is 6.17. The van der Waals surface area contributed by atoms with Crippen LogP contribution < -0.4 is 24.3 Å². The Balaban J connectivity index is 1.67. The van der Waals surface area contributed by atoms with E-state index in [1.165, 1.54) is 0 Å². The Hall–Kier alpha value is -2.89. The number of carbonyl (C=O) groups excluding carboxylic acids is 1. The molecular formula is C21H25NO5. The molecular weight excluding hydrogens is 346 g/mol. The average molecular weight is 371 g/mol. The SMILES string of the molecule is CCOc1ccc([C@@H](C)NC(=O)[C@@H]2COc3ccccc3O2)cc1OCC. The van der Waals surface area contributed by atoms with E-state index in [0.717, 1.165) is 5.56 Å². The van der Waals surface area contributed by atoms with E-state index in [0.29, 0.717) is 36.2 Å². The van der Waals surface area contributed by atoms with E-state index in [9.17, 15) is 4.79 Å². The molecule has 6 nitrogen and oxygen atoms in total. The van der Waals surface area contributed by atoms with E-state index >= 15 is 0 Å². The van der Waals surface area contributed by atoms with Gasteiger partial charge in [-0.15, -0.1) is 0 Å². The number of rotatable bonds is 7. The van der Waals surface area contributed by atoms with E-state index in [1.54, 1.807) is 6.07 Å². The van der Waals surface area contributed by atoms with Gasteiger partial charge in [0.2, 0.25) is 6.10 Å². The maximum Gasteiger partial charge on any atom is 0.265 e. The van der Waals surface area contributed by atoms with Crippen molar-refractivity contribution in [2.24, 2.45) is 0 Å². The molecule has 1 aliphatic heterocycles. The normalized spacial score (nSPS) is 16.3. The van der Waals surface area contributed by atoms with Crippen LogP contribution in [0.3, 0.4) is 0 Å². The molecule has 0 spiro atoms. The van der Waals surface area contributed by atoms with Crippen LogP contribution >= 0.6 is 0 Å². The largest absolute Gasteiger partial charge is 0.490 e. The number of benzene rings is 2. The topological polar surface area (TPSA) is 66.0 Å². The fourth-order valence-corrected chi connectivity index (χ4v) is 2.88. The molecule has 0 saturated carbocycles. The molecule has 2 aromatic carbocycles. The van der Waals surface area contributed by atoms with Gasteiger partial charge in [0.1, 0.15) is 6.61 Å². The molecule has 0 unspecified atom stereocenters. The Bertz CT molecular complexity index is 792. The zero-order valence-electron chi connectivity index (χ0n) is 15.9. The van der Waals surface area contributed by atoms with Crippen LogP contribution in [0.5, 0.6) is 23.0 Å². The molecule has 0 fully saturated rings. The Kier molecular flexibility index (Phi) is 6.06. The summed E-state index contributed by atoms with van der Waals surface area (Å²) in [5.74, 6) is 2.38. The van der Waals surface area contributed by atoms with Gasteiger partial charge < -0.3 is 24.3 Å². The van der Waals surface area contributed by atoms with Crippen molar-refractivity contribution in [1.29, 1.82) is 0 Å². The van der Waals surface area contributed by atoms with E-state index < -0.39 is 6.10 Å². The molecule has 6 heteroatoms. The smallest absolute Gasteiger partial charge is 0.265 e. The lowest BCUT2D eigenvalue weighted by Gasteiger charge is -2.27. The predicted octanol–water partition coefficient (Wildman–Crippen LogP) is 3.50. The van der Waals surface area contributed by atoms with Crippen molar-refractivity contribution in [2.75, 3.05) is 19.8 Å². The first-order chi connectivity index (χ1) is 13.1. The molecule has 2 aromatic rings. The minimum atomic E-state index is -0.684. The summed E-state index contributed by atoms with van der Waals surface area (Å²) >= 11 is 0. The second kappa shape index (κ2) is 8.66. The molecule has 2 atom stereocenters. The zero-order valence-corrected chi connectivity index (χ0v) is 15.9. The summed E-state index contributed by atoms with van der Waals surface area (Å²) in [5.41, 5.74) is 0.924. The number of carbonyl (C=O) groups is 1. The highest BCUT2D eigenvalue weighted by atomic mass is 16.6. The lowest BCUT2D eigenvalue weighted by Crippen LogP contribution is -2.44. The number of nitrogens with one attached hydrogen (secondary N) is 1. The average Bonchev–Trinajstić information content (AvgIpc) is 2.69. The molecule has 1 amide bonds. The first-order valence-corrected chi connectivity index (χ1v) is 9.20. The molecule has 1 heterocycles. The number of hydrogen-bond acceptors (Lipinski definition) is 5. The van der Waals surface area contributed by atoms with Crippen LogP contribution in [-0.4, -0.2) is 31.8 Å². The van der Waals surface area contributed by atoms with Crippen molar-refractivity contribution in [3.05, 3.63) is 48.0 Å². The molecule has 3 rings (SSSR count).